The quantitative estimate of drug-likeness (QED) is 0.313. The van der Waals surface area contributed by atoms with Crippen LogP contribution in [-0.2, 0) is 28.6 Å². The average Bonchev–Trinajstić information content (AvgIpc) is 2.99. The lowest BCUT2D eigenvalue weighted by atomic mass is 10.1. The molecular formula is C31H44N6O8. The van der Waals surface area contributed by atoms with Gasteiger partial charge in [0.15, 0.2) is 5.82 Å². The molecule has 1 aliphatic rings. The van der Waals surface area contributed by atoms with Gasteiger partial charge >= 0.3 is 12.1 Å². The number of amides is 2. The van der Waals surface area contributed by atoms with Gasteiger partial charge in [-0.3, -0.25) is 14.4 Å². The van der Waals surface area contributed by atoms with Crippen molar-refractivity contribution in [2.45, 2.75) is 65.1 Å². The lowest BCUT2D eigenvalue weighted by Gasteiger charge is -2.35. The maximum absolute atomic E-state index is 13.7. The molecule has 14 nitrogen and oxygen atoms in total. The lowest BCUT2D eigenvalue weighted by Crippen LogP contribution is -2.55. The second-order valence-corrected chi connectivity index (χ2v) is 11.5. The molecule has 2 amide bonds. The van der Waals surface area contributed by atoms with Crippen molar-refractivity contribution < 1.29 is 38.2 Å². The van der Waals surface area contributed by atoms with Crippen molar-refractivity contribution in [2.75, 3.05) is 51.8 Å². The van der Waals surface area contributed by atoms with Crippen LogP contribution in [-0.4, -0.2) is 108 Å². The molecule has 0 spiro atoms. The summed E-state index contributed by atoms with van der Waals surface area (Å²) in [5, 5.41) is 7.43. The molecule has 0 unspecified atom stereocenters. The molecule has 1 aliphatic heterocycles. The van der Waals surface area contributed by atoms with Crippen molar-refractivity contribution in [3.05, 3.63) is 42.1 Å². The van der Waals surface area contributed by atoms with E-state index in [2.05, 4.69) is 20.6 Å². The smallest absolute Gasteiger partial charge is 0.460 e. The normalized spacial score (nSPS) is 15.0. The molecule has 0 radical (unpaired) electrons. The summed E-state index contributed by atoms with van der Waals surface area (Å²) in [4.78, 5) is 67.4. The predicted molar refractivity (Wildman–Crippen MR) is 165 cm³/mol. The van der Waals surface area contributed by atoms with Crippen LogP contribution in [0.3, 0.4) is 0 Å². The van der Waals surface area contributed by atoms with Crippen LogP contribution in [0, 0.1) is 0 Å². The summed E-state index contributed by atoms with van der Waals surface area (Å²) in [6.07, 6.45) is -0.906. The van der Waals surface area contributed by atoms with E-state index in [0.29, 0.717) is 23.8 Å². The number of hydroxylamine groups is 2. The minimum Gasteiger partial charge on any atom is -0.460 e. The first-order valence-corrected chi connectivity index (χ1v) is 15.0. The van der Waals surface area contributed by atoms with Crippen LogP contribution in [0.1, 0.15) is 57.9 Å². The van der Waals surface area contributed by atoms with Gasteiger partial charge in [-0.05, 0) is 41.0 Å². The number of esters is 1. The summed E-state index contributed by atoms with van der Waals surface area (Å²) in [6, 6.07) is 9.55. The molecule has 246 valence electrons. The highest BCUT2D eigenvalue weighted by Gasteiger charge is 2.31. The molecule has 1 aromatic heterocycles. The van der Waals surface area contributed by atoms with Crippen LogP contribution in [0.4, 0.5) is 10.6 Å². The Hall–Kier alpha value is -4.30. The largest absolute Gasteiger partial charge is 0.527 e. The van der Waals surface area contributed by atoms with Gasteiger partial charge in [0.05, 0.1) is 26.3 Å². The molecular weight excluding hydrogens is 584 g/mol. The number of methoxy groups -OCH3 is 1. The Balaban J connectivity index is 1.82. The third kappa shape index (κ3) is 11.6. The van der Waals surface area contributed by atoms with E-state index in [-0.39, 0.29) is 63.3 Å². The minimum atomic E-state index is -1.05. The first-order valence-electron chi connectivity index (χ1n) is 15.0. The fourth-order valence-corrected chi connectivity index (χ4v) is 4.51. The van der Waals surface area contributed by atoms with Crippen LogP contribution in [0.2, 0.25) is 0 Å². The van der Waals surface area contributed by atoms with Gasteiger partial charge in [-0.2, -0.15) is 0 Å². The molecule has 2 atom stereocenters. The van der Waals surface area contributed by atoms with Crippen molar-refractivity contribution in [3.8, 4) is 11.4 Å². The number of hydrogen-bond acceptors (Lipinski definition) is 12. The number of rotatable bonds is 13. The summed E-state index contributed by atoms with van der Waals surface area (Å²) >= 11 is 0. The molecule has 3 rings (SSSR count). The highest BCUT2D eigenvalue weighted by molar-refractivity contribution is 5.97. The van der Waals surface area contributed by atoms with Gasteiger partial charge in [0.25, 0.3) is 5.91 Å². The van der Waals surface area contributed by atoms with Crippen molar-refractivity contribution in [1.82, 2.24) is 25.2 Å². The van der Waals surface area contributed by atoms with Gasteiger partial charge in [-0.1, -0.05) is 30.3 Å². The number of nitrogens with one attached hydrogen (secondary N) is 2. The number of benzene rings is 1. The Morgan fingerprint density at radius 3 is 2.33 bits per heavy atom. The zero-order valence-electron chi connectivity index (χ0n) is 26.8. The van der Waals surface area contributed by atoms with Crippen molar-refractivity contribution in [1.29, 1.82) is 0 Å². The number of hydrogen-bond donors (Lipinski definition) is 2. The number of anilines is 1. The van der Waals surface area contributed by atoms with Gasteiger partial charge < -0.3 is 34.6 Å². The monoisotopic (exact) mass is 628 g/mol. The summed E-state index contributed by atoms with van der Waals surface area (Å²) in [7, 11) is 1.59. The van der Waals surface area contributed by atoms with E-state index in [1.807, 2.05) is 37.3 Å². The molecule has 2 aromatic rings. The number of aromatic nitrogens is 2. The van der Waals surface area contributed by atoms with E-state index in [1.54, 1.807) is 39.7 Å². The second-order valence-electron chi connectivity index (χ2n) is 11.5. The van der Waals surface area contributed by atoms with E-state index >= 15 is 0 Å². The van der Waals surface area contributed by atoms with Crippen LogP contribution in [0.15, 0.2) is 36.4 Å². The zero-order chi connectivity index (χ0) is 33.0. The van der Waals surface area contributed by atoms with Crippen LogP contribution in [0.25, 0.3) is 11.4 Å². The molecule has 45 heavy (non-hydrogen) atoms. The maximum atomic E-state index is 13.7. The Morgan fingerprint density at radius 2 is 1.71 bits per heavy atom. The second kappa shape index (κ2) is 16.7. The molecule has 2 heterocycles. The molecule has 0 saturated carbocycles. The number of piperazine rings is 1. The number of carbonyl (C=O) groups is 4. The van der Waals surface area contributed by atoms with Gasteiger partial charge in [-0.25, -0.2) is 14.8 Å². The standard InChI is InChI=1S/C31H44N6O8/c1-7-43-30(41)45-37-17-15-36(16-18-37)29(40)23(13-14-26(38)44-31(3,4)5)34-28(39)24-19-25(32-21(2)20-42-6)35-27(33-24)22-11-9-8-10-12-22/h8-12,19,21,23H,7,13-18,20H2,1-6H3,(H,34,39)(H,32,33,35)/t21-,23+/m1/s1. The van der Waals surface area contributed by atoms with Gasteiger partial charge in [0.2, 0.25) is 5.91 Å². The topological polar surface area (TPSA) is 162 Å². The Labute approximate surface area is 263 Å². The molecule has 1 saturated heterocycles. The van der Waals surface area contributed by atoms with Gasteiger partial charge in [-0.15, -0.1) is 5.06 Å². The summed E-state index contributed by atoms with van der Waals surface area (Å²) in [5.41, 5.74) is 0.0431. The van der Waals surface area contributed by atoms with Crippen LogP contribution < -0.4 is 10.6 Å². The van der Waals surface area contributed by atoms with Crippen molar-refractivity contribution in [2.24, 2.45) is 0 Å². The van der Waals surface area contributed by atoms with E-state index in [1.165, 1.54) is 11.1 Å². The summed E-state index contributed by atoms with van der Waals surface area (Å²) < 4.78 is 15.5. The third-order valence-electron chi connectivity index (χ3n) is 6.48. The lowest BCUT2D eigenvalue weighted by molar-refractivity contribution is -0.158. The fourth-order valence-electron chi connectivity index (χ4n) is 4.51. The van der Waals surface area contributed by atoms with Gasteiger partial charge in [0.1, 0.15) is 23.2 Å². The molecule has 1 aromatic carbocycles. The maximum Gasteiger partial charge on any atom is 0.527 e. The summed E-state index contributed by atoms with van der Waals surface area (Å²) in [6.45, 7) is 10.4. The first kappa shape index (κ1) is 35.2. The summed E-state index contributed by atoms with van der Waals surface area (Å²) in [5.74, 6) is -0.747. The van der Waals surface area contributed by atoms with E-state index < -0.39 is 29.7 Å². The average molecular weight is 629 g/mol. The minimum absolute atomic E-state index is 0.00559. The number of nitrogens with zero attached hydrogens (tertiary/aromatic N) is 4. The van der Waals surface area contributed by atoms with Gasteiger partial charge in [0, 0.05) is 44.3 Å². The van der Waals surface area contributed by atoms with E-state index in [0.717, 1.165) is 0 Å². The Bertz CT molecular complexity index is 1290. The van der Waals surface area contributed by atoms with Crippen LogP contribution >= 0.6 is 0 Å². The predicted octanol–water partition coefficient (Wildman–Crippen LogP) is 3.04. The molecule has 0 bridgehead atoms. The molecule has 0 aliphatic carbocycles. The van der Waals surface area contributed by atoms with E-state index in [9.17, 15) is 19.2 Å². The SMILES string of the molecule is CCOC(=O)ON1CCN(C(=O)[C@H](CCC(=O)OC(C)(C)C)NC(=O)c2cc(N[C@H](C)COC)nc(-c3ccccc3)n2)CC1. The number of ether oxygens (including phenoxy) is 3. The van der Waals surface area contributed by atoms with Crippen molar-refractivity contribution in [3.63, 3.8) is 0 Å². The third-order valence-corrected chi connectivity index (χ3v) is 6.48. The highest BCUT2D eigenvalue weighted by Crippen LogP contribution is 2.19. The molecule has 2 N–H and O–H groups in total. The van der Waals surface area contributed by atoms with E-state index in [4.69, 9.17) is 19.0 Å². The molecule has 14 heteroatoms. The zero-order valence-corrected chi connectivity index (χ0v) is 26.8. The fraction of sp³-hybridized carbons (Fsp3) is 0.548. The first-order chi connectivity index (χ1) is 21.4. The Kier molecular flexibility index (Phi) is 13.0. The van der Waals surface area contributed by atoms with Crippen molar-refractivity contribution >= 4 is 29.8 Å². The highest BCUT2D eigenvalue weighted by atomic mass is 16.8. The van der Waals surface area contributed by atoms with Crippen LogP contribution in [0.5, 0.6) is 0 Å². The Morgan fingerprint density at radius 1 is 1.02 bits per heavy atom. The molecule has 1 fully saturated rings. The number of carbonyl (C=O) groups excluding carboxylic acids is 4.